The summed E-state index contributed by atoms with van der Waals surface area (Å²) < 4.78 is 7.38. The van der Waals surface area contributed by atoms with Crippen LogP contribution < -0.4 is 9.64 Å². The molecule has 7 heteroatoms. The molecule has 1 atom stereocenters. The number of likely N-dealkylation sites (tertiary alicyclic amines) is 1. The monoisotopic (exact) mass is 406 g/mol. The predicted molar refractivity (Wildman–Crippen MR) is 119 cm³/mol. The maximum atomic E-state index is 5.44. The molecular formula is C23H30N6O. The van der Waals surface area contributed by atoms with Crippen LogP contribution in [0.2, 0.25) is 0 Å². The highest BCUT2D eigenvalue weighted by atomic mass is 16.5. The topological polar surface area (TPSA) is 59.3 Å². The summed E-state index contributed by atoms with van der Waals surface area (Å²) in [6.45, 7) is 5.09. The zero-order valence-corrected chi connectivity index (χ0v) is 18.5. The molecule has 3 aromatic rings. The normalized spacial score (nSPS) is 16.8. The van der Waals surface area contributed by atoms with E-state index in [-0.39, 0.29) is 0 Å². The van der Waals surface area contributed by atoms with Crippen molar-refractivity contribution in [3.05, 3.63) is 53.6 Å². The first kappa shape index (κ1) is 20.3. The Bertz CT molecular complexity index is 1030. The predicted octanol–water partition coefficient (Wildman–Crippen LogP) is 3.25. The minimum absolute atomic E-state index is 0.366. The maximum absolute atomic E-state index is 5.44. The van der Waals surface area contributed by atoms with Gasteiger partial charge in [-0.3, -0.25) is 9.58 Å². The first-order valence-corrected chi connectivity index (χ1v) is 10.3. The number of benzene rings is 1. The fraction of sp³-hybridized carbons (Fsp3) is 0.435. The zero-order valence-electron chi connectivity index (χ0n) is 18.5. The standard InChI is InChI=1S/C23H30N6O/c1-16-19(12-25-28(16)4)15-29-10-9-18(14-29)22-21(13-24-23(26-22)27(2)3)17-7-6-8-20(11-17)30-5/h6-8,11-13,18H,9-10,14-15H2,1-5H3/t18-/m0/s1. The van der Waals surface area contributed by atoms with Crippen molar-refractivity contribution in [2.75, 3.05) is 39.2 Å². The van der Waals surface area contributed by atoms with Gasteiger partial charge in [0.2, 0.25) is 5.95 Å². The molecule has 1 aromatic carbocycles. The lowest BCUT2D eigenvalue weighted by Gasteiger charge is -2.19. The highest BCUT2D eigenvalue weighted by Gasteiger charge is 2.28. The van der Waals surface area contributed by atoms with Crippen molar-refractivity contribution in [2.45, 2.75) is 25.8 Å². The highest BCUT2D eigenvalue weighted by Crippen LogP contribution is 2.35. The van der Waals surface area contributed by atoms with Crippen LogP contribution >= 0.6 is 0 Å². The fourth-order valence-corrected chi connectivity index (χ4v) is 4.06. The largest absolute Gasteiger partial charge is 0.497 e. The Morgan fingerprint density at radius 1 is 1.23 bits per heavy atom. The number of aryl methyl sites for hydroxylation is 1. The minimum Gasteiger partial charge on any atom is -0.497 e. The summed E-state index contributed by atoms with van der Waals surface area (Å²) >= 11 is 0. The van der Waals surface area contributed by atoms with Crippen LogP contribution in [0.3, 0.4) is 0 Å². The van der Waals surface area contributed by atoms with Gasteiger partial charge in [-0.25, -0.2) is 9.97 Å². The molecule has 0 aliphatic carbocycles. The highest BCUT2D eigenvalue weighted by molar-refractivity contribution is 5.68. The van der Waals surface area contributed by atoms with Crippen molar-refractivity contribution in [1.29, 1.82) is 0 Å². The first-order valence-electron chi connectivity index (χ1n) is 10.3. The molecule has 0 N–H and O–H groups in total. The Morgan fingerprint density at radius 2 is 2.07 bits per heavy atom. The van der Waals surface area contributed by atoms with Crippen LogP contribution in [0.5, 0.6) is 5.75 Å². The third-order valence-corrected chi connectivity index (χ3v) is 5.98. The Kier molecular flexibility index (Phi) is 5.72. The van der Waals surface area contributed by atoms with Gasteiger partial charge in [0.15, 0.2) is 0 Å². The van der Waals surface area contributed by atoms with Gasteiger partial charge in [0.1, 0.15) is 5.75 Å². The van der Waals surface area contributed by atoms with Gasteiger partial charge in [0.05, 0.1) is 19.0 Å². The van der Waals surface area contributed by atoms with Crippen LogP contribution in [-0.4, -0.2) is 58.9 Å². The third kappa shape index (κ3) is 4.03. The van der Waals surface area contributed by atoms with Crippen molar-refractivity contribution in [1.82, 2.24) is 24.6 Å². The number of hydrogen-bond acceptors (Lipinski definition) is 6. The first-order chi connectivity index (χ1) is 14.5. The van der Waals surface area contributed by atoms with E-state index in [4.69, 9.17) is 9.72 Å². The molecule has 7 nitrogen and oxygen atoms in total. The molecule has 1 aliphatic rings. The van der Waals surface area contributed by atoms with Gasteiger partial charge in [-0.05, 0) is 37.6 Å². The van der Waals surface area contributed by atoms with E-state index in [1.807, 2.05) is 55.3 Å². The van der Waals surface area contributed by atoms with Crippen LogP contribution in [0.25, 0.3) is 11.1 Å². The smallest absolute Gasteiger partial charge is 0.225 e. The van der Waals surface area contributed by atoms with E-state index in [0.29, 0.717) is 5.92 Å². The summed E-state index contributed by atoms with van der Waals surface area (Å²) in [6, 6.07) is 8.14. The Balaban J connectivity index is 1.63. The second kappa shape index (κ2) is 8.44. The van der Waals surface area contributed by atoms with Gasteiger partial charge < -0.3 is 9.64 Å². The van der Waals surface area contributed by atoms with Crippen LogP contribution in [0.15, 0.2) is 36.7 Å². The summed E-state index contributed by atoms with van der Waals surface area (Å²) in [4.78, 5) is 14.0. The Hall–Kier alpha value is -2.93. The molecule has 0 amide bonds. The summed E-state index contributed by atoms with van der Waals surface area (Å²) in [6.07, 6.45) is 5.03. The van der Waals surface area contributed by atoms with E-state index in [0.717, 1.165) is 54.6 Å². The quantitative estimate of drug-likeness (QED) is 0.626. The average molecular weight is 407 g/mol. The third-order valence-electron chi connectivity index (χ3n) is 5.98. The molecule has 0 spiro atoms. The fourth-order valence-electron chi connectivity index (χ4n) is 4.06. The van der Waals surface area contributed by atoms with Gasteiger partial charge in [-0.1, -0.05) is 12.1 Å². The van der Waals surface area contributed by atoms with Crippen molar-refractivity contribution >= 4 is 5.95 Å². The van der Waals surface area contributed by atoms with E-state index in [2.05, 4.69) is 34.0 Å². The molecule has 4 rings (SSSR count). The number of anilines is 1. The van der Waals surface area contributed by atoms with Gasteiger partial charge in [0, 0.05) is 63.2 Å². The summed E-state index contributed by atoms with van der Waals surface area (Å²) in [5, 5.41) is 4.39. The summed E-state index contributed by atoms with van der Waals surface area (Å²) in [5.41, 5.74) is 5.82. The van der Waals surface area contributed by atoms with Crippen LogP contribution in [0.1, 0.15) is 29.3 Å². The molecule has 1 saturated heterocycles. The lowest BCUT2D eigenvalue weighted by atomic mass is 9.96. The van der Waals surface area contributed by atoms with Crippen molar-refractivity contribution in [2.24, 2.45) is 7.05 Å². The number of aromatic nitrogens is 4. The van der Waals surface area contributed by atoms with Gasteiger partial charge >= 0.3 is 0 Å². The molecule has 1 fully saturated rings. The SMILES string of the molecule is COc1cccc(-c2cnc(N(C)C)nc2[C@H]2CCN(Cc3cnn(C)c3C)C2)c1. The average Bonchev–Trinajstić information content (AvgIpc) is 3.35. The number of hydrogen-bond donors (Lipinski definition) is 0. The molecule has 0 bridgehead atoms. The lowest BCUT2D eigenvalue weighted by molar-refractivity contribution is 0.325. The molecule has 0 unspecified atom stereocenters. The van der Waals surface area contributed by atoms with Crippen molar-refractivity contribution in [3.8, 4) is 16.9 Å². The van der Waals surface area contributed by atoms with Gasteiger partial charge in [-0.15, -0.1) is 0 Å². The van der Waals surface area contributed by atoms with E-state index < -0.39 is 0 Å². The van der Waals surface area contributed by atoms with E-state index in [1.165, 1.54) is 11.3 Å². The second-order valence-electron chi connectivity index (χ2n) is 8.19. The molecular weight excluding hydrogens is 376 g/mol. The summed E-state index contributed by atoms with van der Waals surface area (Å²) in [7, 11) is 7.66. The van der Waals surface area contributed by atoms with Crippen molar-refractivity contribution < 1.29 is 4.74 Å². The number of rotatable bonds is 6. The zero-order chi connectivity index (χ0) is 21.3. The molecule has 2 aromatic heterocycles. The van der Waals surface area contributed by atoms with E-state index in [1.54, 1.807) is 7.11 Å². The minimum atomic E-state index is 0.366. The maximum Gasteiger partial charge on any atom is 0.225 e. The van der Waals surface area contributed by atoms with Gasteiger partial charge in [-0.2, -0.15) is 5.10 Å². The summed E-state index contributed by atoms with van der Waals surface area (Å²) in [5.74, 6) is 1.96. The van der Waals surface area contributed by atoms with Crippen LogP contribution in [0.4, 0.5) is 5.95 Å². The molecule has 1 aliphatic heterocycles. The second-order valence-corrected chi connectivity index (χ2v) is 8.19. The number of methoxy groups -OCH3 is 1. The lowest BCUT2D eigenvalue weighted by Crippen LogP contribution is -2.21. The molecule has 0 radical (unpaired) electrons. The Morgan fingerprint density at radius 3 is 2.77 bits per heavy atom. The molecule has 0 saturated carbocycles. The number of nitrogens with zero attached hydrogens (tertiary/aromatic N) is 6. The van der Waals surface area contributed by atoms with E-state index >= 15 is 0 Å². The van der Waals surface area contributed by atoms with E-state index in [9.17, 15) is 0 Å². The van der Waals surface area contributed by atoms with Crippen molar-refractivity contribution in [3.63, 3.8) is 0 Å². The Labute approximate surface area is 178 Å². The molecule has 30 heavy (non-hydrogen) atoms. The van der Waals surface area contributed by atoms with Gasteiger partial charge in [0.25, 0.3) is 0 Å². The van der Waals surface area contributed by atoms with Crippen LogP contribution in [0, 0.1) is 6.92 Å². The number of ether oxygens (including phenoxy) is 1. The molecule has 158 valence electrons. The molecule has 3 heterocycles. The van der Waals surface area contributed by atoms with Crippen LogP contribution in [-0.2, 0) is 13.6 Å².